The van der Waals surface area contributed by atoms with Crippen LogP contribution in [-0.4, -0.2) is 84.4 Å². The first-order valence-electron chi connectivity index (χ1n) is 11.1. The lowest BCUT2D eigenvalue weighted by Gasteiger charge is -2.27. The summed E-state index contributed by atoms with van der Waals surface area (Å²) in [6, 6.07) is 12.5. The third kappa shape index (κ3) is 6.58. The van der Waals surface area contributed by atoms with E-state index in [0.29, 0.717) is 0 Å². The standard InChI is InChI=1S/C23H33N7/c1-3-8-24-21(6-1)18-28-12-13-29(19-22-7-2-4-9-25-22)15-17-30(16-14-28)20-23-26-10-5-11-27-23/h1-4,6-9H,5,10-20H2,(H,26,27)/p+1. The number of H-pyrrole nitrogens is 1. The first-order chi connectivity index (χ1) is 14.8. The molecule has 0 aromatic carbocycles. The molecular formula is C23H34N7+. The average Bonchev–Trinajstić information content (AvgIpc) is 2.88. The second-order valence-corrected chi connectivity index (χ2v) is 8.15. The van der Waals surface area contributed by atoms with E-state index in [9.17, 15) is 0 Å². The molecule has 0 unspecified atom stereocenters. The third-order valence-electron chi connectivity index (χ3n) is 5.82. The number of amidine groups is 1. The highest BCUT2D eigenvalue weighted by molar-refractivity contribution is 5.84. The summed E-state index contributed by atoms with van der Waals surface area (Å²) in [6.45, 7) is 11.1. The van der Waals surface area contributed by atoms with Crippen molar-refractivity contribution in [2.75, 3.05) is 58.9 Å². The topological polar surface area (TPSA) is 61.1 Å². The fourth-order valence-electron chi connectivity index (χ4n) is 4.05. The van der Waals surface area contributed by atoms with Crippen molar-refractivity contribution in [1.82, 2.24) is 25.0 Å². The molecule has 30 heavy (non-hydrogen) atoms. The van der Waals surface area contributed by atoms with Gasteiger partial charge in [0.15, 0.2) is 11.9 Å². The monoisotopic (exact) mass is 408 g/mol. The van der Waals surface area contributed by atoms with Crippen molar-refractivity contribution in [1.29, 1.82) is 0 Å². The Morgan fingerprint density at radius 2 is 1.57 bits per heavy atom. The summed E-state index contributed by atoms with van der Waals surface area (Å²) in [7, 11) is 0. The van der Waals surface area contributed by atoms with Crippen LogP contribution in [0.1, 0.15) is 17.8 Å². The number of hydrogen-bond acceptors (Lipinski definition) is 6. The van der Waals surface area contributed by atoms with Gasteiger partial charge in [-0.1, -0.05) is 12.1 Å². The van der Waals surface area contributed by atoms with E-state index in [1.807, 2.05) is 24.5 Å². The molecule has 0 atom stereocenters. The zero-order valence-corrected chi connectivity index (χ0v) is 17.8. The first kappa shape index (κ1) is 20.9. The van der Waals surface area contributed by atoms with Crippen LogP contribution in [0, 0.1) is 0 Å². The van der Waals surface area contributed by atoms with Crippen LogP contribution in [0.25, 0.3) is 0 Å². The molecule has 0 spiro atoms. The van der Waals surface area contributed by atoms with Crippen LogP contribution in [0.3, 0.4) is 0 Å². The van der Waals surface area contributed by atoms with Crippen molar-refractivity contribution in [3.63, 3.8) is 0 Å². The second kappa shape index (κ2) is 11.2. The average molecular weight is 409 g/mol. The Bertz CT molecular complexity index is 727. The third-order valence-corrected chi connectivity index (χ3v) is 5.82. The highest BCUT2D eigenvalue weighted by Crippen LogP contribution is 2.07. The van der Waals surface area contributed by atoms with Crippen LogP contribution in [-0.2, 0) is 13.1 Å². The van der Waals surface area contributed by atoms with E-state index in [0.717, 1.165) is 89.9 Å². The first-order valence-corrected chi connectivity index (χ1v) is 11.1. The maximum Gasteiger partial charge on any atom is 0.193 e. The lowest BCUT2D eigenvalue weighted by molar-refractivity contribution is -0.393. The minimum Gasteiger partial charge on any atom is -0.373 e. The molecule has 4 heterocycles. The van der Waals surface area contributed by atoms with Crippen molar-refractivity contribution in [2.24, 2.45) is 4.99 Å². The molecule has 0 amide bonds. The predicted octanol–water partition coefficient (Wildman–Crippen LogP) is 0.907. The highest BCUT2D eigenvalue weighted by Gasteiger charge is 2.19. The quantitative estimate of drug-likeness (QED) is 0.770. The second-order valence-electron chi connectivity index (χ2n) is 8.15. The summed E-state index contributed by atoms with van der Waals surface area (Å²) in [5.41, 5.74) is 2.41. The Hall–Kier alpha value is -2.35. The number of rotatable bonds is 6. The van der Waals surface area contributed by atoms with Crippen molar-refractivity contribution in [3.05, 3.63) is 60.2 Å². The molecule has 0 aliphatic carbocycles. The molecule has 160 valence electrons. The Balaban J connectivity index is 1.43. The number of hydrogen-bond donors (Lipinski definition) is 1. The number of aromatic amines is 1. The number of aromatic nitrogens is 2. The van der Waals surface area contributed by atoms with Crippen molar-refractivity contribution in [2.45, 2.75) is 19.5 Å². The summed E-state index contributed by atoms with van der Waals surface area (Å²) in [4.78, 5) is 20.3. The maximum atomic E-state index is 4.70. The molecule has 7 nitrogen and oxygen atoms in total. The molecule has 0 radical (unpaired) electrons. The molecule has 2 aliphatic heterocycles. The summed E-state index contributed by atoms with van der Waals surface area (Å²) in [5.74, 6) is 1.15. The normalized spacial score (nSPS) is 19.9. The van der Waals surface area contributed by atoms with Crippen LogP contribution in [0.5, 0.6) is 0 Å². The van der Waals surface area contributed by atoms with Crippen molar-refractivity contribution >= 4 is 5.84 Å². The van der Waals surface area contributed by atoms with Gasteiger partial charge < -0.3 is 5.32 Å². The highest BCUT2D eigenvalue weighted by atomic mass is 15.3. The zero-order valence-electron chi connectivity index (χ0n) is 17.8. The SMILES string of the molecule is c1ccc(CN2CCN(CC3=NCCCN3)CCN(Cc3cccc[nH+]3)CC2)nc1. The van der Waals surface area contributed by atoms with Crippen molar-refractivity contribution in [3.8, 4) is 0 Å². The van der Waals surface area contributed by atoms with E-state index in [2.05, 4.69) is 54.2 Å². The van der Waals surface area contributed by atoms with Crippen molar-refractivity contribution < 1.29 is 4.98 Å². The van der Waals surface area contributed by atoms with Crippen LogP contribution >= 0.6 is 0 Å². The number of nitrogens with zero attached hydrogens (tertiary/aromatic N) is 5. The van der Waals surface area contributed by atoms with Gasteiger partial charge in [-0.15, -0.1) is 0 Å². The van der Waals surface area contributed by atoms with Gasteiger partial charge in [-0.25, -0.2) is 4.98 Å². The number of nitrogens with one attached hydrogen (secondary N) is 2. The Labute approximate surface area is 179 Å². The van der Waals surface area contributed by atoms with E-state index in [1.54, 1.807) is 0 Å². The fourth-order valence-corrected chi connectivity index (χ4v) is 4.05. The molecule has 4 rings (SSSR count). The van der Waals surface area contributed by atoms with Gasteiger partial charge in [0.05, 0.1) is 18.8 Å². The van der Waals surface area contributed by atoms with Gasteiger partial charge in [0.1, 0.15) is 5.84 Å². The lowest BCUT2D eigenvalue weighted by atomic mass is 10.3. The molecule has 1 saturated heterocycles. The minimum atomic E-state index is 0.902. The summed E-state index contributed by atoms with van der Waals surface area (Å²) in [6.07, 6.45) is 5.04. The molecular weight excluding hydrogens is 374 g/mol. The van der Waals surface area contributed by atoms with E-state index in [1.165, 1.54) is 5.69 Å². The maximum absolute atomic E-state index is 4.70. The molecule has 1 fully saturated rings. The lowest BCUT2D eigenvalue weighted by Crippen LogP contribution is -2.44. The van der Waals surface area contributed by atoms with Gasteiger partial charge in [-0.3, -0.25) is 24.7 Å². The van der Waals surface area contributed by atoms with E-state index >= 15 is 0 Å². The number of pyridine rings is 2. The summed E-state index contributed by atoms with van der Waals surface area (Å²) in [5, 5.41) is 3.49. The predicted molar refractivity (Wildman–Crippen MR) is 119 cm³/mol. The van der Waals surface area contributed by atoms with Gasteiger partial charge >= 0.3 is 0 Å². The summed E-state index contributed by atoms with van der Waals surface area (Å²) >= 11 is 0. The zero-order chi connectivity index (χ0) is 20.4. The fraction of sp³-hybridized carbons (Fsp3) is 0.522. The summed E-state index contributed by atoms with van der Waals surface area (Å²) < 4.78 is 0. The van der Waals surface area contributed by atoms with E-state index in [-0.39, 0.29) is 0 Å². The Morgan fingerprint density at radius 1 is 0.833 bits per heavy atom. The molecule has 2 aromatic heterocycles. The molecule has 0 bridgehead atoms. The molecule has 2 aromatic rings. The van der Waals surface area contributed by atoms with E-state index in [4.69, 9.17) is 4.99 Å². The largest absolute Gasteiger partial charge is 0.373 e. The molecule has 2 aliphatic rings. The Kier molecular flexibility index (Phi) is 7.77. The number of aliphatic imine (C=N–C) groups is 1. The van der Waals surface area contributed by atoms with Crippen LogP contribution in [0.2, 0.25) is 0 Å². The van der Waals surface area contributed by atoms with Gasteiger partial charge in [-0.05, 0) is 18.6 Å². The van der Waals surface area contributed by atoms with Gasteiger partial charge in [0, 0.05) is 77.2 Å². The van der Waals surface area contributed by atoms with Crippen LogP contribution in [0.15, 0.2) is 53.8 Å². The van der Waals surface area contributed by atoms with E-state index < -0.39 is 0 Å². The molecule has 7 heteroatoms. The molecule has 2 N–H and O–H groups in total. The van der Waals surface area contributed by atoms with Gasteiger partial charge in [0.25, 0.3) is 0 Å². The van der Waals surface area contributed by atoms with Crippen LogP contribution in [0.4, 0.5) is 0 Å². The smallest absolute Gasteiger partial charge is 0.193 e. The molecule has 0 saturated carbocycles. The van der Waals surface area contributed by atoms with Gasteiger partial charge in [-0.2, -0.15) is 0 Å². The minimum absolute atomic E-state index is 0.902. The van der Waals surface area contributed by atoms with Crippen LogP contribution < -0.4 is 10.3 Å². The van der Waals surface area contributed by atoms with Gasteiger partial charge in [0.2, 0.25) is 0 Å². The Morgan fingerprint density at radius 3 is 2.20 bits per heavy atom.